The summed E-state index contributed by atoms with van der Waals surface area (Å²) < 4.78 is 5.92. The number of aliphatic hydroxyl groups is 1. The maximum Gasteiger partial charge on any atom is 0.134 e. The Morgan fingerprint density at radius 2 is 2.05 bits per heavy atom. The van der Waals surface area contributed by atoms with E-state index in [0.29, 0.717) is 0 Å². The molecular weight excluding hydrogens is 236 g/mol. The van der Waals surface area contributed by atoms with Crippen LogP contribution >= 0.6 is 0 Å². The van der Waals surface area contributed by atoms with Gasteiger partial charge in [-0.25, -0.2) is 0 Å². The first-order chi connectivity index (χ1) is 8.93. The molecular formula is C17H20O2. The average Bonchev–Trinajstić information content (AvgIpc) is 2.69. The molecule has 0 radical (unpaired) electrons. The van der Waals surface area contributed by atoms with Gasteiger partial charge in [-0.3, -0.25) is 0 Å². The molecule has 1 aromatic heterocycles. The lowest BCUT2D eigenvalue weighted by atomic mass is 9.75. The smallest absolute Gasteiger partial charge is 0.134 e. The van der Waals surface area contributed by atoms with E-state index >= 15 is 0 Å². The molecule has 2 heteroatoms. The normalized spacial score (nSPS) is 22.5. The third kappa shape index (κ3) is 2.45. The Balaban J connectivity index is 2.04. The quantitative estimate of drug-likeness (QED) is 0.825. The molecule has 1 aliphatic carbocycles. The summed E-state index contributed by atoms with van der Waals surface area (Å²) in [5, 5.41) is 11.1. The molecule has 0 amide bonds. The van der Waals surface area contributed by atoms with E-state index in [1.807, 2.05) is 12.1 Å². The first-order valence-corrected chi connectivity index (χ1v) is 6.82. The Morgan fingerprint density at radius 3 is 2.79 bits per heavy atom. The number of hydrogen-bond donors (Lipinski definition) is 1. The fourth-order valence-corrected chi connectivity index (χ4v) is 2.99. The topological polar surface area (TPSA) is 33.4 Å². The van der Waals surface area contributed by atoms with E-state index in [1.165, 1.54) is 5.56 Å². The Hall–Kier alpha value is -1.54. The van der Waals surface area contributed by atoms with Gasteiger partial charge in [0.05, 0.1) is 6.10 Å². The SMILES string of the molecule is Cc1ccc2oc(C3=CC(O)CC(C)(C)C3)cc2c1. The third-order valence-electron chi connectivity index (χ3n) is 3.81. The molecule has 2 nitrogen and oxygen atoms in total. The van der Waals surface area contributed by atoms with Crippen LogP contribution in [0.1, 0.15) is 38.0 Å². The van der Waals surface area contributed by atoms with Crippen molar-refractivity contribution < 1.29 is 9.52 Å². The maximum absolute atomic E-state index is 9.98. The second-order valence-corrected chi connectivity index (χ2v) is 6.46. The van der Waals surface area contributed by atoms with Crippen molar-refractivity contribution in [1.82, 2.24) is 0 Å². The summed E-state index contributed by atoms with van der Waals surface area (Å²) in [5.41, 5.74) is 3.40. The highest BCUT2D eigenvalue weighted by atomic mass is 16.3. The number of benzene rings is 1. The zero-order valence-corrected chi connectivity index (χ0v) is 11.7. The van der Waals surface area contributed by atoms with Gasteiger partial charge >= 0.3 is 0 Å². The summed E-state index contributed by atoms with van der Waals surface area (Å²) >= 11 is 0. The molecule has 1 atom stereocenters. The van der Waals surface area contributed by atoms with Gasteiger partial charge in [0, 0.05) is 5.39 Å². The molecule has 0 aliphatic heterocycles. The molecule has 1 N–H and O–H groups in total. The number of hydrogen-bond acceptors (Lipinski definition) is 2. The van der Waals surface area contributed by atoms with Gasteiger partial charge in [-0.1, -0.05) is 25.5 Å². The molecule has 1 aromatic carbocycles. The summed E-state index contributed by atoms with van der Waals surface area (Å²) in [6.07, 6.45) is 3.34. The molecule has 0 saturated heterocycles. The van der Waals surface area contributed by atoms with Crippen LogP contribution in [-0.2, 0) is 0 Å². The molecule has 100 valence electrons. The van der Waals surface area contributed by atoms with Crippen molar-refractivity contribution in [3.8, 4) is 0 Å². The van der Waals surface area contributed by atoms with Gasteiger partial charge in [0.15, 0.2) is 0 Å². The number of aliphatic hydroxyl groups excluding tert-OH is 1. The van der Waals surface area contributed by atoms with Gasteiger partial charge < -0.3 is 9.52 Å². The monoisotopic (exact) mass is 256 g/mol. The summed E-state index contributed by atoms with van der Waals surface area (Å²) in [4.78, 5) is 0. The summed E-state index contributed by atoms with van der Waals surface area (Å²) in [7, 11) is 0. The minimum atomic E-state index is -0.367. The van der Waals surface area contributed by atoms with Gasteiger partial charge in [0.25, 0.3) is 0 Å². The first kappa shape index (κ1) is 12.5. The average molecular weight is 256 g/mol. The van der Waals surface area contributed by atoms with E-state index in [4.69, 9.17) is 4.42 Å². The van der Waals surface area contributed by atoms with Gasteiger partial charge in [-0.2, -0.15) is 0 Å². The largest absolute Gasteiger partial charge is 0.456 e. The van der Waals surface area contributed by atoms with Crippen LogP contribution in [0, 0.1) is 12.3 Å². The fourth-order valence-electron chi connectivity index (χ4n) is 2.99. The van der Waals surface area contributed by atoms with Crippen LogP contribution < -0.4 is 0 Å². The van der Waals surface area contributed by atoms with E-state index in [-0.39, 0.29) is 11.5 Å². The van der Waals surface area contributed by atoms with Crippen LogP contribution in [0.5, 0.6) is 0 Å². The van der Waals surface area contributed by atoms with Gasteiger partial charge in [0.2, 0.25) is 0 Å². The molecule has 19 heavy (non-hydrogen) atoms. The zero-order chi connectivity index (χ0) is 13.6. The van der Waals surface area contributed by atoms with Crippen LogP contribution in [0.4, 0.5) is 0 Å². The van der Waals surface area contributed by atoms with Crippen molar-refractivity contribution in [3.05, 3.63) is 41.7 Å². The summed E-state index contributed by atoms with van der Waals surface area (Å²) in [6.45, 7) is 6.46. The van der Waals surface area contributed by atoms with Crippen molar-refractivity contribution in [3.63, 3.8) is 0 Å². The highest BCUT2D eigenvalue weighted by Crippen LogP contribution is 2.40. The van der Waals surface area contributed by atoms with E-state index in [0.717, 1.165) is 35.1 Å². The van der Waals surface area contributed by atoms with Crippen LogP contribution in [0.25, 0.3) is 16.5 Å². The van der Waals surface area contributed by atoms with Crippen LogP contribution in [-0.4, -0.2) is 11.2 Å². The Bertz CT molecular complexity index is 646. The van der Waals surface area contributed by atoms with E-state index in [2.05, 4.69) is 39.0 Å². The summed E-state index contributed by atoms with van der Waals surface area (Å²) in [5.74, 6) is 0.896. The molecule has 1 aliphatic rings. The molecule has 2 aromatic rings. The molecule has 1 heterocycles. The van der Waals surface area contributed by atoms with Gasteiger partial charge in [-0.05, 0) is 55.0 Å². The fraction of sp³-hybridized carbons (Fsp3) is 0.412. The Kier molecular flexibility index (Phi) is 2.79. The van der Waals surface area contributed by atoms with Crippen LogP contribution in [0.15, 0.2) is 34.8 Å². The van der Waals surface area contributed by atoms with Crippen molar-refractivity contribution in [2.75, 3.05) is 0 Å². The second-order valence-electron chi connectivity index (χ2n) is 6.46. The van der Waals surface area contributed by atoms with Crippen LogP contribution in [0.2, 0.25) is 0 Å². The number of rotatable bonds is 1. The minimum Gasteiger partial charge on any atom is -0.456 e. The van der Waals surface area contributed by atoms with Crippen molar-refractivity contribution in [1.29, 1.82) is 0 Å². The van der Waals surface area contributed by atoms with E-state index in [1.54, 1.807) is 0 Å². The standard InChI is InChI=1S/C17H20O2/c1-11-4-5-15-12(6-11)8-16(19-15)13-7-14(18)10-17(2,3)9-13/h4-8,14,18H,9-10H2,1-3H3. The highest BCUT2D eigenvalue weighted by molar-refractivity contribution is 5.82. The summed E-state index contributed by atoms with van der Waals surface area (Å²) in [6, 6.07) is 8.29. The van der Waals surface area contributed by atoms with Gasteiger partial charge in [-0.15, -0.1) is 0 Å². The minimum absolute atomic E-state index is 0.123. The molecule has 1 unspecified atom stereocenters. The second kappa shape index (κ2) is 4.24. The first-order valence-electron chi connectivity index (χ1n) is 6.82. The van der Waals surface area contributed by atoms with Crippen molar-refractivity contribution in [2.24, 2.45) is 5.41 Å². The van der Waals surface area contributed by atoms with E-state index < -0.39 is 0 Å². The number of fused-ring (bicyclic) bond motifs is 1. The molecule has 0 saturated carbocycles. The lowest BCUT2D eigenvalue weighted by Gasteiger charge is -2.31. The predicted octanol–water partition coefficient (Wildman–Crippen LogP) is 4.31. The van der Waals surface area contributed by atoms with E-state index in [9.17, 15) is 5.11 Å². The van der Waals surface area contributed by atoms with Crippen molar-refractivity contribution in [2.45, 2.75) is 39.7 Å². The number of aryl methyl sites for hydroxylation is 1. The third-order valence-corrected chi connectivity index (χ3v) is 3.81. The lowest BCUT2D eigenvalue weighted by molar-refractivity contribution is 0.145. The number of furan rings is 1. The van der Waals surface area contributed by atoms with Crippen LogP contribution in [0.3, 0.4) is 0 Å². The molecule has 3 rings (SSSR count). The van der Waals surface area contributed by atoms with Gasteiger partial charge in [0.1, 0.15) is 11.3 Å². The zero-order valence-electron chi connectivity index (χ0n) is 11.7. The molecule has 0 fully saturated rings. The Morgan fingerprint density at radius 1 is 1.26 bits per heavy atom. The van der Waals surface area contributed by atoms with Crippen molar-refractivity contribution >= 4 is 16.5 Å². The maximum atomic E-state index is 9.98. The predicted molar refractivity (Wildman–Crippen MR) is 77.9 cm³/mol. The lowest BCUT2D eigenvalue weighted by Crippen LogP contribution is -2.24. The molecule has 0 spiro atoms. The molecule has 0 bridgehead atoms. The number of allylic oxidation sites excluding steroid dienone is 1. The Labute approximate surface area is 113 Å². The highest BCUT2D eigenvalue weighted by Gasteiger charge is 2.29.